The zero-order valence-electron chi connectivity index (χ0n) is 23.0. The first-order chi connectivity index (χ1) is 15.2. The first kappa shape index (κ1) is 26.7. The van der Waals surface area contributed by atoms with Gasteiger partial charge in [0.15, 0.2) is 0 Å². The van der Waals surface area contributed by atoms with Gasteiger partial charge in [0, 0.05) is 0 Å². The molecular formula is C31H57B. The molecule has 0 heterocycles. The van der Waals surface area contributed by atoms with Gasteiger partial charge in [0.05, 0.1) is 7.85 Å². The smallest absolute Gasteiger partial charge is 0.0699 e. The predicted molar refractivity (Wildman–Crippen MR) is 143 cm³/mol. The van der Waals surface area contributed by atoms with Crippen LogP contribution in [-0.4, -0.2) is 7.85 Å². The summed E-state index contributed by atoms with van der Waals surface area (Å²) in [6.07, 6.45) is 17.2. The van der Waals surface area contributed by atoms with Crippen LogP contribution in [0.3, 0.4) is 0 Å². The summed E-state index contributed by atoms with van der Waals surface area (Å²) in [5.41, 5.74) is 0. The monoisotopic (exact) mass is 440 g/mol. The Morgan fingerprint density at radius 2 is 0.812 bits per heavy atom. The zero-order chi connectivity index (χ0) is 23.4. The van der Waals surface area contributed by atoms with Gasteiger partial charge in [-0.3, -0.25) is 0 Å². The third-order valence-electron chi connectivity index (χ3n) is 10.8. The van der Waals surface area contributed by atoms with Gasteiger partial charge in [-0.2, -0.15) is 0 Å². The molecule has 0 saturated heterocycles. The summed E-state index contributed by atoms with van der Waals surface area (Å²) < 4.78 is 0. The Kier molecular flexibility index (Phi) is 10.1. The Hall–Kier alpha value is 0.0649. The summed E-state index contributed by atoms with van der Waals surface area (Å²) >= 11 is 0. The van der Waals surface area contributed by atoms with Crippen molar-refractivity contribution in [3.8, 4) is 0 Å². The minimum absolute atomic E-state index is 0.470. The molecule has 4 atom stereocenters. The number of hydrogen-bond donors (Lipinski definition) is 0. The van der Waals surface area contributed by atoms with E-state index in [-0.39, 0.29) is 0 Å². The highest BCUT2D eigenvalue weighted by Crippen LogP contribution is 2.53. The molecule has 1 heteroatoms. The van der Waals surface area contributed by atoms with E-state index in [1.165, 1.54) is 77.0 Å². The van der Waals surface area contributed by atoms with E-state index in [0.717, 1.165) is 65.1 Å². The quantitative estimate of drug-likeness (QED) is 0.330. The van der Waals surface area contributed by atoms with Crippen LogP contribution in [0.5, 0.6) is 0 Å². The van der Waals surface area contributed by atoms with Crippen molar-refractivity contribution in [3.05, 3.63) is 0 Å². The summed E-state index contributed by atoms with van der Waals surface area (Å²) in [6, 6.07) is 0. The number of rotatable bonds is 8. The van der Waals surface area contributed by atoms with E-state index < -0.39 is 0 Å². The maximum atomic E-state index is 6.36. The molecule has 0 aromatic carbocycles. The molecule has 4 unspecified atom stereocenters. The Bertz CT molecular complexity index is 515. The van der Waals surface area contributed by atoms with E-state index in [9.17, 15) is 0 Å². The molecule has 3 aliphatic carbocycles. The molecule has 0 N–H and O–H groups in total. The maximum Gasteiger partial charge on any atom is 0.0699 e. The summed E-state index contributed by atoms with van der Waals surface area (Å²) in [7, 11) is 6.36. The molecule has 0 nitrogen and oxygen atoms in total. The van der Waals surface area contributed by atoms with Crippen molar-refractivity contribution < 1.29 is 0 Å². The second-order valence-corrected chi connectivity index (χ2v) is 13.8. The van der Waals surface area contributed by atoms with Gasteiger partial charge in [-0.15, -0.1) is 0 Å². The topological polar surface area (TPSA) is 0 Å². The molecule has 0 aromatic rings. The standard InChI is InChI=1S/C31H57B/c1-20(2)29(25-12-8-22(5)9-13-25)24(7)31(27-14-10-23(6)11-15-27)30(21(3)4)26-16-18-28(32)19-17-26/h20-31H,8-19H2,1-7H3. The highest BCUT2D eigenvalue weighted by atomic mass is 14.5. The zero-order valence-corrected chi connectivity index (χ0v) is 23.0. The van der Waals surface area contributed by atoms with E-state index in [0.29, 0.717) is 5.82 Å². The van der Waals surface area contributed by atoms with E-state index in [1.54, 1.807) is 0 Å². The van der Waals surface area contributed by atoms with Crippen LogP contribution >= 0.6 is 0 Å². The number of hydrogen-bond acceptors (Lipinski definition) is 0. The van der Waals surface area contributed by atoms with Gasteiger partial charge in [0.25, 0.3) is 0 Å². The van der Waals surface area contributed by atoms with Crippen LogP contribution in [-0.2, 0) is 0 Å². The van der Waals surface area contributed by atoms with Gasteiger partial charge in [-0.1, -0.05) is 106 Å². The van der Waals surface area contributed by atoms with E-state index in [4.69, 9.17) is 7.85 Å². The lowest BCUT2D eigenvalue weighted by Gasteiger charge is -2.51. The van der Waals surface area contributed by atoms with Crippen molar-refractivity contribution >= 4 is 7.85 Å². The molecule has 0 bridgehead atoms. The molecule has 3 rings (SSSR count). The molecule has 3 aliphatic rings. The first-order valence-electron chi connectivity index (χ1n) is 14.9. The first-order valence-corrected chi connectivity index (χ1v) is 14.9. The van der Waals surface area contributed by atoms with Gasteiger partial charge < -0.3 is 0 Å². The Morgan fingerprint density at radius 3 is 1.22 bits per heavy atom. The summed E-state index contributed by atoms with van der Waals surface area (Å²) in [5.74, 6) is 10.5. The van der Waals surface area contributed by atoms with Crippen molar-refractivity contribution in [3.63, 3.8) is 0 Å². The van der Waals surface area contributed by atoms with Gasteiger partial charge in [-0.05, 0) is 90.8 Å². The normalized spacial score (nSPS) is 38.4. The SMILES string of the molecule is [B]C1CCC(C(C(C)C)C(C2CCC(C)CC2)C(C)C(C(C)C)C2CCC(C)CC2)CC1. The van der Waals surface area contributed by atoms with Crippen molar-refractivity contribution in [1.82, 2.24) is 0 Å². The average molecular weight is 441 g/mol. The second-order valence-electron chi connectivity index (χ2n) is 13.8. The van der Waals surface area contributed by atoms with Gasteiger partial charge in [0.1, 0.15) is 0 Å². The van der Waals surface area contributed by atoms with Crippen LogP contribution in [0.2, 0.25) is 5.82 Å². The minimum Gasteiger partial charge on any atom is -0.0774 e. The second kappa shape index (κ2) is 12.2. The lowest BCUT2D eigenvalue weighted by Crippen LogP contribution is -2.44. The molecule has 0 spiro atoms. The fourth-order valence-corrected chi connectivity index (χ4v) is 9.11. The van der Waals surface area contributed by atoms with Gasteiger partial charge >= 0.3 is 0 Å². The third kappa shape index (κ3) is 6.59. The third-order valence-corrected chi connectivity index (χ3v) is 10.8. The van der Waals surface area contributed by atoms with Crippen LogP contribution in [0.25, 0.3) is 0 Å². The van der Waals surface area contributed by atoms with Crippen molar-refractivity contribution in [2.45, 2.75) is 131 Å². The van der Waals surface area contributed by atoms with Crippen LogP contribution in [0, 0.1) is 65.1 Å². The Labute approximate surface area is 204 Å². The fourth-order valence-electron chi connectivity index (χ4n) is 9.11. The predicted octanol–water partition coefficient (Wildman–Crippen LogP) is 9.58. The van der Waals surface area contributed by atoms with E-state index >= 15 is 0 Å². The summed E-state index contributed by atoms with van der Waals surface area (Å²) in [6.45, 7) is 18.0. The molecule has 184 valence electrons. The molecule has 0 aromatic heterocycles. The van der Waals surface area contributed by atoms with E-state index in [2.05, 4.69) is 48.5 Å². The minimum atomic E-state index is 0.470. The summed E-state index contributed by atoms with van der Waals surface area (Å²) in [4.78, 5) is 0. The lowest BCUT2D eigenvalue weighted by atomic mass is 9.54. The maximum absolute atomic E-state index is 6.36. The fraction of sp³-hybridized carbons (Fsp3) is 1.00. The molecule has 0 amide bonds. The van der Waals surface area contributed by atoms with Crippen LogP contribution in [0.1, 0.15) is 126 Å². The van der Waals surface area contributed by atoms with E-state index in [1.807, 2.05) is 0 Å². The van der Waals surface area contributed by atoms with Crippen LogP contribution in [0.15, 0.2) is 0 Å². The molecule has 32 heavy (non-hydrogen) atoms. The highest BCUT2D eigenvalue weighted by molar-refractivity contribution is 6.11. The average Bonchev–Trinajstić information content (AvgIpc) is 2.74. The van der Waals surface area contributed by atoms with Crippen LogP contribution < -0.4 is 0 Å². The van der Waals surface area contributed by atoms with Crippen molar-refractivity contribution in [2.75, 3.05) is 0 Å². The van der Waals surface area contributed by atoms with Crippen molar-refractivity contribution in [1.29, 1.82) is 0 Å². The molecule has 3 fully saturated rings. The molecule has 3 saturated carbocycles. The molecular weight excluding hydrogens is 383 g/mol. The summed E-state index contributed by atoms with van der Waals surface area (Å²) in [5, 5.41) is 0. The Morgan fingerprint density at radius 1 is 0.469 bits per heavy atom. The van der Waals surface area contributed by atoms with Gasteiger partial charge in [-0.25, -0.2) is 0 Å². The van der Waals surface area contributed by atoms with Crippen LogP contribution in [0.4, 0.5) is 0 Å². The lowest BCUT2D eigenvalue weighted by molar-refractivity contribution is -0.0170. The van der Waals surface area contributed by atoms with Crippen molar-refractivity contribution in [2.24, 2.45) is 65.1 Å². The Balaban J connectivity index is 1.89. The molecule has 2 radical (unpaired) electrons. The largest absolute Gasteiger partial charge is 0.0774 e. The highest BCUT2D eigenvalue weighted by Gasteiger charge is 2.45. The van der Waals surface area contributed by atoms with Gasteiger partial charge in [0.2, 0.25) is 0 Å². The molecule has 0 aliphatic heterocycles.